The maximum atomic E-state index is 12.0. The quantitative estimate of drug-likeness (QED) is 0.604. The molecule has 1 aromatic carbocycles. The minimum atomic E-state index is -3.52. The number of hydrogen-bond donors (Lipinski definition) is 2. The SMILES string of the molecule is Cc1ccc(N)cc1S(=O)(=O)NCCOC(C)C. The number of nitrogen functional groups attached to an aromatic ring is 1. The van der Waals surface area contributed by atoms with Crippen molar-refractivity contribution in [2.24, 2.45) is 0 Å². The highest BCUT2D eigenvalue weighted by Gasteiger charge is 2.16. The van der Waals surface area contributed by atoms with Crippen LogP contribution in [0, 0.1) is 6.92 Å². The van der Waals surface area contributed by atoms with E-state index in [0.717, 1.165) is 0 Å². The molecule has 0 saturated heterocycles. The van der Waals surface area contributed by atoms with Gasteiger partial charge in [-0.3, -0.25) is 0 Å². The van der Waals surface area contributed by atoms with Crippen molar-refractivity contribution in [3.63, 3.8) is 0 Å². The summed E-state index contributed by atoms with van der Waals surface area (Å²) in [5, 5.41) is 0. The van der Waals surface area contributed by atoms with Crippen LogP contribution in [0.3, 0.4) is 0 Å². The number of nitrogens with two attached hydrogens (primary N) is 1. The Hall–Kier alpha value is -1.11. The highest BCUT2D eigenvalue weighted by Crippen LogP contribution is 2.17. The van der Waals surface area contributed by atoms with Crippen LogP contribution in [0.4, 0.5) is 5.69 Å². The fourth-order valence-electron chi connectivity index (χ4n) is 1.45. The summed E-state index contributed by atoms with van der Waals surface area (Å²) < 4.78 is 31.8. The molecule has 0 amide bonds. The third kappa shape index (κ3) is 4.29. The third-order valence-electron chi connectivity index (χ3n) is 2.35. The van der Waals surface area contributed by atoms with Gasteiger partial charge in [-0.05, 0) is 38.5 Å². The fourth-order valence-corrected chi connectivity index (χ4v) is 2.75. The Balaban J connectivity index is 2.71. The van der Waals surface area contributed by atoms with E-state index < -0.39 is 10.0 Å². The first-order valence-electron chi connectivity index (χ1n) is 5.80. The summed E-state index contributed by atoms with van der Waals surface area (Å²) in [6.07, 6.45) is 0.0867. The summed E-state index contributed by atoms with van der Waals surface area (Å²) in [6, 6.07) is 4.83. The van der Waals surface area contributed by atoms with E-state index in [1.54, 1.807) is 19.1 Å². The van der Waals surface area contributed by atoms with Crippen LogP contribution >= 0.6 is 0 Å². The van der Waals surface area contributed by atoms with Gasteiger partial charge in [0.15, 0.2) is 0 Å². The monoisotopic (exact) mass is 272 g/mol. The van der Waals surface area contributed by atoms with Crippen molar-refractivity contribution in [2.75, 3.05) is 18.9 Å². The Labute approximate surface area is 108 Å². The third-order valence-corrected chi connectivity index (χ3v) is 3.95. The average Bonchev–Trinajstić information content (AvgIpc) is 2.27. The minimum Gasteiger partial charge on any atom is -0.399 e. The van der Waals surface area contributed by atoms with Gasteiger partial charge in [0.05, 0.1) is 17.6 Å². The molecule has 0 aromatic heterocycles. The number of hydrogen-bond acceptors (Lipinski definition) is 4. The zero-order chi connectivity index (χ0) is 13.8. The van der Waals surface area contributed by atoms with E-state index in [9.17, 15) is 8.42 Å². The second kappa shape index (κ2) is 6.17. The number of nitrogens with one attached hydrogen (secondary N) is 1. The van der Waals surface area contributed by atoms with Crippen molar-refractivity contribution in [2.45, 2.75) is 31.8 Å². The summed E-state index contributed by atoms with van der Waals surface area (Å²) in [5.74, 6) is 0. The maximum absolute atomic E-state index is 12.0. The Bertz CT molecular complexity index is 498. The molecule has 0 atom stereocenters. The molecule has 1 aromatic rings. The van der Waals surface area contributed by atoms with Crippen LogP contribution in [0.15, 0.2) is 23.1 Å². The Kier molecular flexibility index (Phi) is 5.13. The van der Waals surface area contributed by atoms with E-state index in [0.29, 0.717) is 17.9 Å². The normalized spacial score (nSPS) is 12.0. The molecule has 102 valence electrons. The first kappa shape index (κ1) is 14.9. The summed E-state index contributed by atoms with van der Waals surface area (Å²) in [5.41, 5.74) is 6.70. The van der Waals surface area contributed by atoms with Gasteiger partial charge < -0.3 is 10.5 Å². The molecule has 0 aliphatic heterocycles. The van der Waals surface area contributed by atoms with Gasteiger partial charge in [0.2, 0.25) is 10.0 Å². The van der Waals surface area contributed by atoms with E-state index in [1.807, 2.05) is 13.8 Å². The van der Waals surface area contributed by atoms with E-state index >= 15 is 0 Å². The van der Waals surface area contributed by atoms with Crippen LogP contribution in [-0.4, -0.2) is 27.7 Å². The summed E-state index contributed by atoms with van der Waals surface area (Å²) >= 11 is 0. The molecular weight excluding hydrogens is 252 g/mol. The molecule has 0 radical (unpaired) electrons. The van der Waals surface area contributed by atoms with Crippen molar-refractivity contribution in [3.8, 4) is 0 Å². The molecule has 0 spiro atoms. The van der Waals surface area contributed by atoms with Crippen molar-refractivity contribution in [3.05, 3.63) is 23.8 Å². The van der Waals surface area contributed by atoms with Gasteiger partial charge >= 0.3 is 0 Å². The van der Waals surface area contributed by atoms with Crippen LogP contribution < -0.4 is 10.5 Å². The van der Waals surface area contributed by atoms with E-state index in [2.05, 4.69) is 4.72 Å². The number of aryl methyl sites for hydroxylation is 1. The second-order valence-corrected chi connectivity index (χ2v) is 6.08. The van der Waals surface area contributed by atoms with Crippen LogP contribution in [0.25, 0.3) is 0 Å². The number of benzene rings is 1. The topological polar surface area (TPSA) is 81.4 Å². The van der Waals surface area contributed by atoms with Crippen LogP contribution in [0.2, 0.25) is 0 Å². The number of rotatable bonds is 6. The van der Waals surface area contributed by atoms with E-state index in [1.165, 1.54) is 6.07 Å². The standard InChI is InChI=1S/C12H20N2O3S/c1-9(2)17-7-6-14-18(15,16)12-8-11(13)5-4-10(12)3/h4-5,8-9,14H,6-7,13H2,1-3H3. The molecule has 0 heterocycles. The highest BCUT2D eigenvalue weighted by atomic mass is 32.2. The first-order chi connectivity index (χ1) is 8.33. The maximum Gasteiger partial charge on any atom is 0.240 e. The predicted octanol–water partition coefficient (Wildman–Crippen LogP) is 1.28. The van der Waals surface area contributed by atoms with Crippen LogP contribution in [-0.2, 0) is 14.8 Å². The van der Waals surface area contributed by atoms with Gasteiger partial charge in [-0.2, -0.15) is 0 Å². The molecule has 1 rings (SSSR count). The Morgan fingerprint density at radius 2 is 2.06 bits per heavy atom. The van der Waals surface area contributed by atoms with Crippen molar-refractivity contribution in [1.29, 1.82) is 0 Å². The lowest BCUT2D eigenvalue weighted by atomic mass is 10.2. The van der Waals surface area contributed by atoms with Crippen molar-refractivity contribution in [1.82, 2.24) is 4.72 Å². The molecule has 0 saturated carbocycles. The zero-order valence-corrected chi connectivity index (χ0v) is 11.8. The molecule has 0 unspecified atom stereocenters. The highest BCUT2D eigenvalue weighted by molar-refractivity contribution is 7.89. The van der Waals surface area contributed by atoms with Gasteiger partial charge in [0.1, 0.15) is 0 Å². The van der Waals surface area contributed by atoms with Gasteiger partial charge in [-0.1, -0.05) is 6.07 Å². The Morgan fingerprint density at radius 3 is 2.67 bits per heavy atom. The molecule has 0 aliphatic rings. The molecule has 5 nitrogen and oxygen atoms in total. The number of sulfonamides is 1. The van der Waals surface area contributed by atoms with Crippen molar-refractivity contribution < 1.29 is 13.2 Å². The second-order valence-electron chi connectivity index (χ2n) is 4.34. The van der Waals surface area contributed by atoms with Gasteiger partial charge in [0.25, 0.3) is 0 Å². The summed E-state index contributed by atoms with van der Waals surface area (Å²) in [4.78, 5) is 0.215. The lowest BCUT2D eigenvalue weighted by Gasteiger charge is -2.11. The van der Waals surface area contributed by atoms with Gasteiger partial charge in [-0.25, -0.2) is 13.1 Å². The lowest BCUT2D eigenvalue weighted by Crippen LogP contribution is -2.28. The average molecular weight is 272 g/mol. The molecule has 0 fully saturated rings. The largest absolute Gasteiger partial charge is 0.399 e. The van der Waals surface area contributed by atoms with Crippen LogP contribution in [0.1, 0.15) is 19.4 Å². The smallest absolute Gasteiger partial charge is 0.240 e. The molecule has 3 N–H and O–H groups in total. The van der Waals surface area contributed by atoms with Crippen LogP contribution in [0.5, 0.6) is 0 Å². The molecule has 0 bridgehead atoms. The van der Waals surface area contributed by atoms with E-state index in [4.69, 9.17) is 10.5 Å². The minimum absolute atomic E-state index is 0.0867. The first-order valence-corrected chi connectivity index (χ1v) is 7.28. The molecule has 18 heavy (non-hydrogen) atoms. The molecule has 6 heteroatoms. The summed E-state index contributed by atoms with van der Waals surface area (Å²) in [7, 11) is -3.52. The summed E-state index contributed by atoms with van der Waals surface area (Å²) in [6.45, 7) is 6.12. The molecular formula is C12H20N2O3S. The number of anilines is 1. The number of ether oxygens (including phenoxy) is 1. The lowest BCUT2D eigenvalue weighted by molar-refractivity contribution is 0.0834. The van der Waals surface area contributed by atoms with Gasteiger partial charge in [0, 0.05) is 12.2 Å². The molecule has 0 aliphatic carbocycles. The fraction of sp³-hybridized carbons (Fsp3) is 0.500. The zero-order valence-electron chi connectivity index (χ0n) is 10.9. The Morgan fingerprint density at radius 1 is 1.39 bits per heavy atom. The predicted molar refractivity (Wildman–Crippen MR) is 71.9 cm³/mol. The van der Waals surface area contributed by atoms with E-state index in [-0.39, 0.29) is 17.5 Å². The van der Waals surface area contributed by atoms with Crippen molar-refractivity contribution >= 4 is 15.7 Å². The van der Waals surface area contributed by atoms with Gasteiger partial charge in [-0.15, -0.1) is 0 Å².